The summed E-state index contributed by atoms with van der Waals surface area (Å²) in [5, 5.41) is 8.40. The van der Waals surface area contributed by atoms with Crippen molar-refractivity contribution in [1.29, 1.82) is 0 Å². The second-order valence-corrected chi connectivity index (χ2v) is 2.10. The van der Waals surface area contributed by atoms with Crippen LogP contribution in [0.25, 0.3) is 0 Å². The molecule has 0 aromatic carbocycles. The zero-order valence-electron chi connectivity index (χ0n) is 4.24. The maximum absolute atomic E-state index is 8.40. The Hall–Kier alpha value is -0.345. The number of hydrogen-bond acceptors (Lipinski definition) is 3. The average Bonchev–Trinajstić information content (AvgIpc) is 2.14. The van der Waals surface area contributed by atoms with Crippen LogP contribution in [0.5, 0.6) is 0 Å². The van der Waals surface area contributed by atoms with Gasteiger partial charge >= 0.3 is 0 Å². The van der Waals surface area contributed by atoms with E-state index >= 15 is 0 Å². The Balaban J connectivity index is 0.000000490. The molecule has 1 aromatic heterocycles. The Morgan fingerprint density at radius 3 is 2.75 bits per heavy atom. The number of aromatic nitrogens is 1. The van der Waals surface area contributed by atoms with Gasteiger partial charge in [-0.15, -0.1) is 11.3 Å². The molecule has 1 aromatic rings. The van der Waals surface area contributed by atoms with Gasteiger partial charge < -0.3 is 5.11 Å². The predicted molar refractivity (Wildman–Crippen MR) is 33.8 cm³/mol. The van der Waals surface area contributed by atoms with Crippen LogP contribution in [0.2, 0.25) is 0 Å². The zero-order chi connectivity index (χ0) is 5.11. The summed E-state index contributed by atoms with van der Waals surface area (Å²) in [6.07, 6.45) is 1.66. The van der Waals surface area contributed by atoms with Crippen LogP contribution in [0, 0.1) is 0 Å². The van der Waals surface area contributed by atoms with Gasteiger partial charge in [0.15, 0.2) is 0 Å². The standard InChI is InChI=1S/C4H5NOS.B/c6-2-4-1-5-3-7-4;/h1,3,6H,2H2;. The first-order chi connectivity index (χ1) is 3.43. The lowest BCUT2D eigenvalue weighted by molar-refractivity contribution is 0.285. The molecule has 8 heavy (non-hydrogen) atoms. The van der Waals surface area contributed by atoms with E-state index in [1.165, 1.54) is 11.3 Å². The van der Waals surface area contributed by atoms with Crippen molar-refractivity contribution in [2.45, 2.75) is 6.61 Å². The third kappa shape index (κ3) is 1.64. The molecule has 1 heterocycles. The van der Waals surface area contributed by atoms with Crippen molar-refractivity contribution >= 4 is 19.7 Å². The van der Waals surface area contributed by atoms with Gasteiger partial charge in [-0.05, 0) is 0 Å². The molecular formula is C4H5BNOS. The normalized spacial score (nSPS) is 8.12. The first kappa shape index (κ1) is 7.65. The Morgan fingerprint density at radius 1 is 1.75 bits per heavy atom. The topological polar surface area (TPSA) is 33.1 Å². The van der Waals surface area contributed by atoms with Crippen LogP contribution >= 0.6 is 11.3 Å². The molecule has 1 N–H and O–H groups in total. The zero-order valence-corrected chi connectivity index (χ0v) is 5.06. The SMILES string of the molecule is OCc1cncs1.[B]. The summed E-state index contributed by atoms with van der Waals surface area (Å²) in [5.74, 6) is 0. The van der Waals surface area contributed by atoms with Crippen LogP contribution in [0.15, 0.2) is 11.7 Å². The molecule has 0 aliphatic heterocycles. The van der Waals surface area contributed by atoms with Crippen LogP contribution in [0.3, 0.4) is 0 Å². The van der Waals surface area contributed by atoms with Crippen LogP contribution in [0.4, 0.5) is 0 Å². The molecule has 0 saturated carbocycles. The fourth-order valence-electron chi connectivity index (χ4n) is 0.320. The molecule has 2 nitrogen and oxygen atoms in total. The summed E-state index contributed by atoms with van der Waals surface area (Å²) in [4.78, 5) is 4.67. The number of aliphatic hydroxyl groups excluding tert-OH is 1. The minimum atomic E-state index is 0. The van der Waals surface area contributed by atoms with E-state index in [-0.39, 0.29) is 15.0 Å². The fourth-order valence-corrected chi connectivity index (χ4v) is 0.774. The second kappa shape index (κ2) is 3.63. The number of aliphatic hydroxyl groups is 1. The second-order valence-electron chi connectivity index (χ2n) is 1.13. The van der Waals surface area contributed by atoms with Gasteiger partial charge in [-0.1, -0.05) is 0 Å². The van der Waals surface area contributed by atoms with E-state index in [2.05, 4.69) is 4.98 Å². The van der Waals surface area contributed by atoms with Crippen molar-refractivity contribution in [3.63, 3.8) is 0 Å². The smallest absolute Gasteiger partial charge is 0.0795 e. The first-order valence-corrected chi connectivity index (χ1v) is 2.79. The Bertz CT molecular complexity index is 131. The van der Waals surface area contributed by atoms with Gasteiger partial charge in [-0.2, -0.15) is 0 Å². The van der Waals surface area contributed by atoms with Gasteiger partial charge in [0.1, 0.15) is 0 Å². The number of rotatable bonds is 1. The molecule has 0 unspecified atom stereocenters. The lowest BCUT2D eigenvalue weighted by atomic mass is 10.6. The monoisotopic (exact) mass is 126 g/mol. The number of thiazole rings is 1. The van der Waals surface area contributed by atoms with Gasteiger partial charge in [-0.3, -0.25) is 4.98 Å². The van der Waals surface area contributed by atoms with E-state index in [1.54, 1.807) is 11.7 Å². The van der Waals surface area contributed by atoms with E-state index in [9.17, 15) is 0 Å². The van der Waals surface area contributed by atoms with E-state index < -0.39 is 0 Å². The highest BCUT2D eigenvalue weighted by molar-refractivity contribution is 7.09. The highest BCUT2D eigenvalue weighted by atomic mass is 32.1. The summed E-state index contributed by atoms with van der Waals surface area (Å²) in [6.45, 7) is 0.116. The summed E-state index contributed by atoms with van der Waals surface area (Å²) in [5.41, 5.74) is 1.70. The van der Waals surface area contributed by atoms with Crippen LogP contribution in [-0.2, 0) is 6.61 Å². The largest absolute Gasteiger partial charge is 0.391 e. The van der Waals surface area contributed by atoms with Gasteiger partial charge in [0.25, 0.3) is 0 Å². The molecule has 0 aliphatic rings. The quantitative estimate of drug-likeness (QED) is 0.547. The van der Waals surface area contributed by atoms with E-state index in [0.717, 1.165) is 4.88 Å². The molecule has 0 saturated heterocycles. The highest BCUT2D eigenvalue weighted by Crippen LogP contribution is 2.02. The third-order valence-corrected chi connectivity index (χ3v) is 1.40. The molecule has 3 radical (unpaired) electrons. The molecule has 0 atom stereocenters. The van der Waals surface area contributed by atoms with E-state index in [1.807, 2.05) is 0 Å². The van der Waals surface area contributed by atoms with Crippen molar-refractivity contribution in [2.75, 3.05) is 0 Å². The first-order valence-electron chi connectivity index (χ1n) is 1.91. The summed E-state index contributed by atoms with van der Waals surface area (Å²) < 4.78 is 0. The molecule has 0 amide bonds. The Morgan fingerprint density at radius 2 is 2.50 bits per heavy atom. The van der Waals surface area contributed by atoms with Crippen molar-refractivity contribution in [2.24, 2.45) is 0 Å². The molecule has 0 fully saturated rings. The minimum absolute atomic E-state index is 0. The molecule has 0 spiro atoms. The average molecular weight is 126 g/mol. The molecule has 0 bridgehead atoms. The van der Waals surface area contributed by atoms with E-state index in [4.69, 9.17) is 5.11 Å². The van der Waals surface area contributed by atoms with Crippen molar-refractivity contribution in [3.05, 3.63) is 16.6 Å². The van der Waals surface area contributed by atoms with E-state index in [0.29, 0.717) is 0 Å². The van der Waals surface area contributed by atoms with Gasteiger partial charge in [-0.25, -0.2) is 0 Å². The predicted octanol–water partition coefficient (Wildman–Crippen LogP) is 0.255. The molecule has 4 heteroatoms. The minimum Gasteiger partial charge on any atom is -0.391 e. The van der Waals surface area contributed by atoms with Crippen molar-refractivity contribution in [3.8, 4) is 0 Å². The molecule has 0 aliphatic carbocycles. The Labute approximate surface area is 53.8 Å². The van der Waals surface area contributed by atoms with Crippen LogP contribution < -0.4 is 0 Å². The molecular weight excluding hydrogens is 121 g/mol. The number of nitrogens with zero attached hydrogens (tertiary/aromatic N) is 1. The fraction of sp³-hybridized carbons (Fsp3) is 0.250. The molecule has 41 valence electrons. The number of hydrogen-bond donors (Lipinski definition) is 1. The van der Waals surface area contributed by atoms with Gasteiger partial charge in [0.2, 0.25) is 0 Å². The summed E-state index contributed by atoms with van der Waals surface area (Å²) in [7, 11) is 0. The van der Waals surface area contributed by atoms with Crippen LogP contribution in [0.1, 0.15) is 4.88 Å². The van der Waals surface area contributed by atoms with Gasteiger partial charge in [0.05, 0.1) is 12.1 Å². The molecule has 1 rings (SSSR count). The maximum Gasteiger partial charge on any atom is 0.0795 e. The van der Waals surface area contributed by atoms with Crippen molar-refractivity contribution in [1.82, 2.24) is 4.98 Å². The van der Waals surface area contributed by atoms with Crippen molar-refractivity contribution < 1.29 is 5.11 Å². The summed E-state index contributed by atoms with van der Waals surface area (Å²) in [6, 6.07) is 0. The third-order valence-electron chi connectivity index (χ3n) is 0.639. The maximum atomic E-state index is 8.40. The van der Waals surface area contributed by atoms with Crippen LogP contribution in [-0.4, -0.2) is 18.5 Å². The van der Waals surface area contributed by atoms with Gasteiger partial charge in [0, 0.05) is 19.5 Å². The highest BCUT2D eigenvalue weighted by Gasteiger charge is 1.85. The Kier molecular flexibility index (Phi) is 3.48. The lowest BCUT2D eigenvalue weighted by Gasteiger charge is -1.76. The summed E-state index contributed by atoms with van der Waals surface area (Å²) >= 11 is 1.46. The lowest BCUT2D eigenvalue weighted by Crippen LogP contribution is -1.70.